The molecule has 178 valence electrons. The minimum absolute atomic E-state index is 0.000669. The third-order valence-electron chi connectivity index (χ3n) is 6.89. The first-order chi connectivity index (χ1) is 16.4. The van der Waals surface area contributed by atoms with Crippen molar-refractivity contribution in [2.24, 2.45) is 0 Å². The fraction of sp³-hybridized carbons (Fsp3) is 0.423. The Kier molecular flexibility index (Phi) is 6.00. The van der Waals surface area contributed by atoms with Gasteiger partial charge in [0.25, 0.3) is 5.56 Å². The number of aromatic nitrogens is 2. The molecule has 2 aliphatic rings. The van der Waals surface area contributed by atoms with Crippen molar-refractivity contribution in [3.63, 3.8) is 0 Å². The van der Waals surface area contributed by atoms with Crippen molar-refractivity contribution >= 4 is 28.5 Å². The summed E-state index contributed by atoms with van der Waals surface area (Å²) in [6.07, 6.45) is 3.11. The minimum atomic E-state index is -0.986. The predicted molar refractivity (Wildman–Crippen MR) is 132 cm³/mol. The van der Waals surface area contributed by atoms with Crippen LogP contribution in [0.2, 0.25) is 0 Å². The van der Waals surface area contributed by atoms with Gasteiger partial charge in [0.15, 0.2) is 0 Å². The number of rotatable bonds is 6. The van der Waals surface area contributed by atoms with Gasteiger partial charge in [-0.3, -0.25) is 9.36 Å². The third-order valence-corrected chi connectivity index (χ3v) is 6.89. The normalized spacial score (nSPS) is 17.4. The number of carbonyl (C=O) groups is 1. The number of hydrogen-bond donors (Lipinski definition) is 2. The van der Waals surface area contributed by atoms with Gasteiger partial charge in [0, 0.05) is 30.4 Å². The standard InChI is InChI=1S/C26H30N4O4/c1-16-14-20(17(2)27-22-9-4-3-8-19(22)25(32)33)23-21(15-16)24(31)30(18-6-5-7-18)26(28-23)29-10-12-34-13-11-29/h3-4,8-9,14-15,17-18,27H,5-7,10-13H2,1-2H3,(H,32,33)/t17-/m1/s1. The molecule has 2 heterocycles. The van der Waals surface area contributed by atoms with Crippen molar-refractivity contribution in [1.82, 2.24) is 9.55 Å². The second kappa shape index (κ2) is 9.10. The van der Waals surface area contributed by atoms with Crippen molar-refractivity contribution < 1.29 is 14.6 Å². The molecule has 0 amide bonds. The Bertz CT molecular complexity index is 1290. The van der Waals surface area contributed by atoms with Gasteiger partial charge in [0.1, 0.15) is 0 Å². The van der Waals surface area contributed by atoms with Crippen molar-refractivity contribution in [1.29, 1.82) is 0 Å². The summed E-state index contributed by atoms with van der Waals surface area (Å²) < 4.78 is 7.44. The number of nitrogens with zero attached hydrogens (tertiary/aromatic N) is 3. The maximum absolute atomic E-state index is 13.8. The molecule has 0 radical (unpaired) electrons. The van der Waals surface area contributed by atoms with E-state index >= 15 is 0 Å². The summed E-state index contributed by atoms with van der Waals surface area (Å²) in [6, 6.07) is 10.7. The second-order valence-electron chi connectivity index (χ2n) is 9.24. The van der Waals surface area contributed by atoms with Gasteiger partial charge in [-0.05, 0) is 56.9 Å². The molecule has 1 aliphatic heterocycles. The van der Waals surface area contributed by atoms with E-state index in [9.17, 15) is 14.7 Å². The van der Waals surface area contributed by atoms with Gasteiger partial charge >= 0.3 is 5.97 Å². The molecule has 1 aliphatic carbocycles. The molecule has 5 rings (SSSR count). The molecule has 0 bridgehead atoms. The van der Waals surface area contributed by atoms with Crippen LogP contribution in [0.4, 0.5) is 11.6 Å². The zero-order valence-corrected chi connectivity index (χ0v) is 19.6. The van der Waals surface area contributed by atoms with Crippen LogP contribution in [0.15, 0.2) is 41.2 Å². The molecule has 1 atom stereocenters. The Hall–Kier alpha value is -3.39. The van der Waals surface area contributed by atoms with Crippen LogP contribution in [0, 0.1) is 6.92 Å². The summed E-state index contributed by atoms with van der Waals surface area (Å²) in [7, 11) is 0. The van der Waals surface area contributed by atoms with E-state index in [1.165, 1.54) is 0 Å². The average Bonchev–Trinajstić information content (AvgIpc) is 2.80. The Labute approximate surface area is 198 Å². The van der Waals surface area contributed by atoms with E-state index in [0.29, 0.717) is 48.8 Å². The van der Waals surface area contributed by atoms with E-state index in [2.05, 4.69) is 10.2 Å². The van der Waals surface area contributed by atoms with Gasteiger partial charge in [-0.15, -0.1) is 0 Å². The fourth-order valence-corrected chi connectivity index (χ4v) is 4.87. The molecule has 2 fully saturated rings. The molecule has 0 unspecified atom stereocenters. The van der Waals surface area contributed by atoms with Crippen LogP contribution in [0.5, 0.6) is 0 Å². The van der Waals surface area contributed by atoms with Crippen molar-refractivity contribution in [2.45, 2.75) is 45.2 Å². The third kappa shape index (κ3) is 4.03. The first kappa shape index (κ1) is 22.4. The highest BCUT2D eigenvalue weighted by Crippen LogP contribution is 2.35. The van der Waals surface area contributed by atoms with Crippen LogP contribution in [0.25, 0.3) is 10.9 Å². The number of hydrogen-bond acceptors (Lipinski definition) is 6. The largest absolute Gasteiger partial charge is 0.478 e. The van der Waals surface area contributed by atoms with Gasteiger partial charge in [0.05, 0.1) is 35.7 Å². The van der Waals surface area contributed by atoms with E-state index in [1.807, 2.05) is 36.6 Å². The zero-order valence-electron chi connectivity index (χ0n) is 19.6. The van der Waals surface area contributed by atoms with E-state index in [4.69, 9.17) is 9.72 Å². The Morgan fingerprint density at radius 1 is 1.21 bits per heavy atom. The number of anilines is 2. The predicted octanol–water partition coefficient (Wildman–Crippen LogP) is 4.14. The summed E-state index contributed by atoms with van der Waals surface area (Å²) in [4.78, 5) is 32.8. The summed E-state index contributed by atoms with van der Waals surface area (Å²) in [5.74, 6) is -0.269. The van der Waals surface area contributed by atoms with Crippen LogP contribution in [0.3, 0.4) is 0 Å². The number of para-hydroxylation sites is 1. The number of fused-ring (bicyclic) bond motifs is 1. The molecule has 8 nitrogen and oxygen atoms in total. The summed E-state index contributed by atoms with van der Waals surface area (Å²) in [6.45, 7) is 6.58. The molecule has 3 aromatic rings. The second-order valence-corrected chi connectivity index (χ2v) is 9.24. The number of morpholine rings is 1. The van der Waals surface area contributed by atoms with E-state index < -0.39 is 5.97 Å². The van der Waals surface area contributed by atoms with E-state index in [0.717, 1.165) is 30.4 Å². The quantitative estimate of drug-likeness (QED) is 0.568. The lowest BCUT2D eigenvalue weighted by molar-refractivity contribution is 0.0698. The van der Waals surface area contributed by atoms with Gasteiger partial charge in [0.2, 0.25) is 5.95 Å². The van der Waals surface area contributed by atoms with Crippen molar-refractivity contribution in [2.75, 3.05) is 36.5 Å². The number of nitrogens with one attached hydrogen (secondary N) is 1. The smallest absolute Gasteiger partial charge is 0.337 e. The Morgan fingerprint density at radius 2 is 1.94 bits per heavy atom. The molecule has 0 spiro atoms. The lowest BCUT2D eigenvalue weighted by Crippen LogP contribution is -2.42. The maximum Gasteiger partial charge on any atom is 0.337 e. The fourth-order valence-electron chi connectivity index (χ4n) is 4.87. The lowest BCUT2D eigenvalue weighted by atomic mass is 9.92. The first-order valence-corrected chi connectivity index (χ1v) is 11.9. The molecular weight excluding hydrogens is 432 g/mol. The number of aromatic carboxylic acids is 1. The minimum Gasteiger partial charge on any atom is -0.478 e. The van der Waals surface area contributed by atoms with E-state index in [-0.39, 0.29) is 23.2 Å². The SMILES string of the molecule is Cc1cc([C@@H](C)Nc2ccccc2C(=O)O)c2nc(N3CCOCC3)n(C3CCC3)c(=O)c2c1. The van der Waals surface area contributed by atoms with Crippen LogP contribution in [-0.2, 0) is 4.74 Å². The van der Waals surface area contributed by atoms with Gasteiger partial charge in [-0.2, -0.15) is 0 Å². The number of benzene rings is 2. The molecule has 8 heteroatoms. The van der Waals surface area contributed by atoms with Crippen molar-refractivity contribution in [3.8, 4) is 0 Å². The number of carboxylic acids is 1. The van der Waals surface area contributed by atoms with Gasteiger partial charge < -0.3 is 20.1 Å². The number of carboxylic acid groups (broad SMARTS) is 1. The summed E-state index contributed by atoms with van der Waals surface area (Å²) >= 11 is 0. The summed E-state index contributed by atoms with van der Waals surface area (Å²) in [5.41, 5.74) is 3.26. The number of aryl methyl sites for hydroxylation is 1. The molecule has 34 heavy (non-hydrogen) atoms. The molecule has 2 aromatic carbocycles. The Balaban J connectivity index is 1.65. The Morgan fingerprint density at radius 3 is 2.62 bits per heavy atom. The highest BCUT2D eigenvalue weighted by Gasteiger charge is 2.29. The summed E-state index contributed by atoms with van der Waals surface area (Å²) in [5, 5.41) is 13.5. The lowest BCUT2D eigenvalue weighted by Gasteiger charge is -2.35. The highest BCUT2D eigenvalue weighted by atomic mass is 16.5. The monoisotopic (exact) mass is 462 g/mol. The molecule has 1 aromatic heterocycles. The molecule has 1 saturated carbocycles. The van der Waals surface area contributed by atoms with Gasteiger partial charge in [-0.1, -0.05) is 18.2 Å². The van der Waals surface area contributed by atoms with Crippen LogP contribution in [-0.4, -0.2) is 46.9 Å². The molecular formula is C26H30N4O4. The molecule has 1 saturated heterocycles. The van der Waals surface area contributed by atoms with E-state index in [1.54, 1.807) is 18.2 Å². The topological polar surface area (TPSA) is 96.7 Å². The van der Waals surface area contributed by atoms with Gasteiger partial charge in [-0.25, -0.2) is 9.78 Å². The maximum atomic E-state index is 13.8. The van der Waals surface area contributed by atoms with Crippen LogP contribution in [0.1, 0.15) is 59.8 Å². The highest BCUT2D eigenvalue weighted by molar-refractivity contribution is 5.94. The number of ether oxygens (including phenoxy) is 1. The first-order valence-electron chi connectivity index (χ1n) is 11.9. The van der Waals surface area contributed by atoms with Crippen LogP contribution >= 0.6 is 0 Å². The zero-order chi connectivity index (χ0) is 23.8. The van der Waals surface area contributed by atoms with Crippen molar-refractivity contribution in [3.05, 3.63) is 63.4 Å². The average molecular weight is 463 g/mol. The van der Waals surface area contributed by atoms with Crippen LogP contribution < -0.4 is 15.8 Å². The molecule has 2 N–H and O–H groups in total.